The Bertz CT molecular complexity index is 938. The van der Waals surface area contributed by atoms with Crippen molar-refractivity contribution in [1.82, 2.24) is 14.9 Å². The van der Waals surface area contributed by atoms with Crippen LogP contribution in [0.5, 0.6) is 0 Å². The molecule has 0 saturated heterocycles. The highest BCUT2D eigenvalue weighted by Gasteiger charge is 2.16. The van der Waals surface area contributed by atoms with Gasteiger partial charge in [-0.1, -0.05) is 6.07 Å². The first-order valence-corrected chi connectivity index (χ1v) is 7.46. The molecule has 0 spiro atoms. The van der Waals surface area contributed by atoms with Crippen molar-refractivity contribution in [3.8, 4) is 0 Å². The van der Waals surface area contributed by atoms with E-state index in [1.807, 2.05) is 4.98 Å². The van der Waals surface area contributed by atoms with Gasteiger partial charge in [0.15, 0.2) is 6.61 Å². The molecule has 0 aliphatic carbocycles. The monoisotopic (exact) mass is 367 g/mol. The number of aromatic nitrogens is 2. The Kier molecular flexibility index (Phi) is 5.99. The molecule has 1 amide bonds. The standard InChI is InChI=1S/C16H15F2N3O5/c1-9(11-3-2-10(17)6-12(11)18)19-14(23)8-26-15(24)7-21-5-4-13(22)20-16(21)25/h2-6,9H,7-8H2,1H3,(H,19,23)(H,20,22,25)/t9-/m1/s1. The number of carbonyl (C=O) groups is 2. The van der Waals surface area contributed by atoms with Crippen molar-refractivity contribution in [3.63, 3.8) is 0 Å². The van der Waals surface area contributed by atoms with Gasteiger partial charge in [0, 0.05) is 23.9 Å². The number of rotatable bonds is 6. The van der Waals surface area contributed by atoms with E-state index in [0.29, 0.717) is 6.07 Å². The largest absolute Gasteiger partial charge is 0.454 e. The van der Waals surface area contributed by atoms with E-state index in [1.54, 1.807) is 0 Å². The Hall–Kier alpha value is -3.30. The van der Waals surface area contributed by atoms with Crippen LogP contribution in [0.2, 0.25) is 0 Å². The van der Waals surface area contributed by atoms with Gasteiger partial charge in [0.25, 0.3) is 11.5 Å². The molecule has 10 heteroatoms. The topological polar surface area (TPSA) is 110 Å². The molecule has 0 saturated carbocycles. The zero-order valence-corrected chi connectivity index (χ0v) is 13.6. The number of H-pyrrole nitrogens is 1. The van der Waals surface area contributed by atoms with E-state index < -0.39 is 54.0 Å². The lowest BCUT2D eigenvalue weighted by Gasteiger charge is -2.15. The van der Waals surface area contributed by atoms with Gasteiger partial charge in [0.05, 0.1) is 6.04 Å². The van der Waals surface area contributed by atoms with Crippen molar-refractivity contribution in [1.29, 1.82) is 0 Å². The highest BCUT2D eigenvalue weighted by molar-refractivity contribution is 5.80. The first-order valence-electron chi connectivity index (χ1n) is 7.46. The number of amides is 1. The molecule has 26 heavy (non-hydrogen) atoms. The summed E-state index contributed by atoms with van der Waals surface area (Å²) in [5.74, 6) is -3.14. The van der Waals surface area contributed by atoms with Crippen LogP contribution >= 0.6 is 0 Å². The minimum atomic E-state index is -0.880. The van der Waals surface area contributed by atoms with Crippen LogP contribution in [0.3, 0.4) is 0 Å². The molecular formula is C16H15F2N3O5. The molecule has 1 aromatic heterocycles. The number of hydrogen-bond donors (Lipinski definition) is 2. The predicted molar refractivity (Wildman–Crippen MR) is 85.2 cm³/mol. The van der Waals surface area contributed by atoms with Gasteiger partial charge in [-0.2, -0.15) is 0 Å². The predicted octanol–water partition coefficient (Wildman–Crippen LogP) is 0.235. The van der Waals surface area contributed by atoms with E-state index in [4.69, 9.17) is 4.74 Å². The molecule has 1 heterocycles. The van der Waals surface area contributed by atoms with Crippen LogP contribution < -0.4 is 16.6 Å². The van der Waals surface area contributed by atoms with Gasteiger partial charge in [-0.05, 0) is 13.0 Å². The van der Waals surface area contributed by atoms with Crippen LogP contribution in [0.15, 0.2) is 40.1 Å². The van der Waals surface area contributed by atoms with Crippen molar-refractivity contribution in [2.75, 3.05) is 6.61 Å². The number of benzene rings is 1. The fourth-order valence-corrected chi connectivity index (χ4v) is 2.11. The van der Waals surface area contributed by atoms with Crippen LogP contribution in [-0.2, 0) is 20.9 Å². The number of nitrogens with zero attached hydrogens (tertiary/aromatic N) is 1. The maximum atomic E-state index is 13.6. The smallest absolute Gasteiger partial charge is 0.328 e. The summed E-state index contributed by atoms with van der Waals surface area (Å²) in [5.41, 5.74) is -1.33. The third-order valence-electron chi connectivity index (χ3n) is 3.37. The molecule has 8 nitrogen and oxygen atoms in total. The Balaban J connectivity index is 1.86. The van der Waals surface area contributed by atoms with Crippen LogP contribution in [0, 0.1) is 11.6 Å². The van der Waals surface area contributed by atoms with Gasteiger partial charge in [-0.15, -0.1) is 0 Å². The Morgan fingerprint density at radius 2 is 2.00 bits per heavy atom. The maximum absolute atomic E-state index is 13.6. The molecular weight excluding hydrogens is 352 g/mol. The zero-order chi connectivity index (χ0) is 19.3. The Morgan fingerprint density at radius 1 is 1.27 bits per heavy atom. The number of aromatic amines is 1. The lowest BCUT2D eigenvalue weighted by Crippen LogP contribution is -2.34. The number of carbonyl (C=O) groups excluding carboxylic acids is 2. The van der Waals surface area contributed by atoms with Crippen LogP contribution in [0.25, 0.3) is 0 Å². The molecule has 2 aromatic rings. The summed E-state index contributed by atoms with van der Waals surface area (Å²) in [4.78, 5) is 47.7. The molecule has 0 bridgehead atoms. The molecule has 0 unspecified atom stereocenters. The Morgan fingerprint density at radius 3 is 2.65 bits per heavy atom. The minimum Gasteiger partial charge on any atom is -0.454 e. The summed E-state index contributed by atoms with van der Waals surface area (Å²) >= 11 is 0. The van der Waals surface area contributed by atoms with Crippen molar-refractivity contribution in [2.45, 2.75) is 19.5 Å². The second-order valence-corrected chi connectivity index (χ2v) is 5.35. The molecule has 1 atom stereocenters. The first kappa shape index (κ1) is 19.0. The quantitative estimate of drug-likeness (QED) is 0.711. The summed E-state index contributed by atoms with van der Waals surface area (Å²) in [6.07, 6.45) is 1.11. The number of nitrogens with one attached hydrogen (secondary N) is 2. The lowest BCUT2D eigenvalue weighted by atomic mass is 10.1. The molecule has 0 radical (unpaired) electrons. The van der Waals surface area contributed by atoms with E-state index in [2.05, 4.69) is 5.32 Å². The number of halogens is 2. The van der Waals surface area contributed by atoms with E-state index >= 15 is 0 Å². The van der Waals surface area contributed by atoms with E-state index in [0.717, 1.165) is 22.9 Å². The van der Waals surface area contributed by atoms with Crippen LogP contribution in [0.4, 0.5) is 8.78 Å². The highest BCUT2D eigenvalue weighted by atomic mass is 19.1. The van der Waals surface area contributed by atoms with Gasteiger partial charge in [-0.25, -0.2) is 13.6 Å². The zero-order valence-electron chi connectivity index (χ0n) is 13.6. The van der Waals surface area contributed by atoms with Gasteiger partial charge in [0.2, 0.25) is 0 Å². The molecule has 0 aliphatic rings. The molecule has 2 rings (SSSR count). The average molecular weight is 367 g/mol. The van der Waals surface area contributed by atoms with Crippen molar-refractivity contribution >= 4 is 11.9 Å². The Labute approximate surface area is 145 Å². The lowest BCUT2D eigenvalue weighted by molar-refractivity contribution is -0.149. The summed E-state index contributed by atoms with van der Waals surface area (Å²) in [7, 11) is 0. The fraction of sp³-hybridized carbons (Fsp3) is 0.250. The second-order valence-electron chi connectivity index (χ2n) is 5.35. The van der Waals surface area contributed by atoms with Gasteiger partial charge < -0.3 is 10.1 Å². The SMILES string of the molecule is C[C@@H](NC(=O)COC(=O)Cn1ccc(=O)[nH]c1=O)c1ccc(F)cc1F. The normalized spacial score (nSPS) is 11.7. The van der Waals surface area contributed by atoms with Crippen LogP contribution in [0.1, 0.15) is 18.5 Å². The van der Waals surface area contributed by atoms with E-state index in [1.165, 1.54) is 13.0 Å². The first-order chi connectivity index (χ1) is 12.3. The number of ether oxygens (including phenoxy) is 1. The van der Waals surface area contributed by atoms with Crippen molar-refractivity contribution < 1.29 is 23.1 Å². The summed E-state index contributed by atoms with van der Waals surface area (Å²) in [5, 5.41) is 2.40. The minimum absolute atomic E-state index is 0.0749. The molecule has 2 N–H and O–H groups in total. The van der Waals surface area contributed by atoms with Crippen molar-refractivity contribution in [2.24, 2.45) is 0 Å². The second kappa shape index (κ2) is 8.19. The van der Waals surface area contributed by atoms with Gasteiger partial charge in [0.1, 0.15) is 18.2 Å². The third-order valence-corrected chi connectivity index (χ3v) is 3.37. The summed E-state index contributed by atoms with van der Waals surface area (Å²) in [6, 6.07) is 3.23. The fourth-order valence-electron chi connectivity index (χ4n) is 2.11. The summed E-state index contributed by atoms with van der Waals surface area (Å²) < 4.78 is 32.1. The van der Waals surface area contributed by atoms with Crippen LogP contribution in [-0.4, -0.2) is 28.0 Å². The molecule has 0 aliphatic heterocycles. The maximum Gasteiger partial charge on any atom is 0.328 e. The summed E-state index contributed by atoms with van der Waals surface area (Å²) in [6.45, 7) is 0.338. The van der Waals surface area contributed by atoms with Crippen molar-refractivity contribution in [3.05, 3.63) is 68.5 Å². The number of hydrogen-bond acceptors (Lipinski definition) is 5. The van der Waals surface area contributed by atoms with Gasteiger partial charge in [-0.3, -0.25) is 23.9 Å². The number of esters is 1. The van der Waals surface area contributed by atoms with Gasteiger partial charge >= 0.3 is 11.7 Å². The average Bonchev–Trinajstić information content (AvgIpc) is 2.55. The highest BCUT2D eigenvalue weighted by Crippen LogP contribution is 2.17. The third kappa shape index (κ3) is 5.10. The molecule has 0 fully saturated rings. The molecule has 1 aromatic carbocycles. The van der Waals surface area contributed by atoms with E-state index in [-0.39, 0.29) is 5.56 Å². The molecule has 138 valence electrons. The van der Waals surface area contributed by atoms with E-state index in [9.17, 15) is 28.0 Å².